The third-order valence-electron chi connectivity index (χ3n) is 2.93. The number of benzene rings is 1. The Bertz CT molecular complexity index is 774. The van der Waals surface area contributed by atoms with Crippen LogP contribution in [0.4, 0.5) is 0 Å². The van der Waals surface area contributed by atoms with Gasteiger partial charge in [-0.2, -0.15) is 0 Å². The SMILES string of the molecule is Cc1c(S)[nH]c(=O)n(Cc2ccc(C(=O)O)cc2)c1=O. The van der Waals surface area contributed by atoms with E-state index in [0.717, 1.165) is 4.57 Å². The number of rotatable bonds is 3. The maximum Gasteiger partial charge on any atom is 0.335 e. The zero-order valence-electron chi connectivity index (χ0n) is 10.6. The molecular formula is C13H12N2O4S. The van der Waals surface area contributed by atoms with Gasteiger partial charge in [0.25, 0.3) is 5.56 Å². The van der Waals surface area contributed by atoms with Crippen LogP contribution in [-0.4, -0.2) is 20.6 Å². The van der Waals surface area contributed by atoms with Crippen molar-refractivity contribution in [3.05, 3.63) is 61.8 Å². The highest BCUT2D eigenvalue weighted by Gasteiger charge is 2.09. The van der Waals surface area contributed by atoms with Gasteiger partial charge in [0.1, 0.15) is 0 Å². The Labute approximate surface area is 119 Å². The number of nitrogens with zero attached hydrogens (tertiary/aromatic N) is 1. The molecule has 0 spiro atoms. The van der Waals surface area contributed by atoms with Crippen LogP contribution in [0.3, 0.4) is 0 Å². The lowest BCUT2D eigenvalue weighted by atomic mass is 10.1. The van der Waals surface area contributed by atoms with Crippen LogP contribution in [-0.2, 0) is 6.54 Å². The monoisotopic (exact) mass is 292 g/mol. The van der Waals surface area contributed by atoms with E-state index >= 15 is 0 Å². The summed E-state index contributed by atoms with van der Waals surface area (Å²) in [6.45, 7) is 1.65. The van der Waals surface area contributed by atoms with E-state index in [4.69, 9.17) is 5.11 Å². The highest BCUT2D eigenvalue weighted by molar-refractivity contribution is 7.80. The summed E-state index contributed by atoms with van der Waals surface area (Å²) in [6.07, 6.45) is 0. The van der Waals surface area contributed by atoms with Crippen LogP contribution >= 0.6 is 12.6 Å². The van der Waals surface area contributed by atoms with Crippen LogP contribution < -0.4 is 11.2 Å². The summed E-state index contributed by atoms with van der Waals surface area (Å²) in [5.74, 6) is -1.03. The molecule has 0 saturated heterocycles. The van der Waals surface area contributed by atoms with Crippen molar-refractivity contribution in [2.24, 2.45) is 0 Å². The zero-order chi connectivity index (χ0) is 14.9. The fraction of sp³-hybridized carbons (Fsp3) is 0.154. The molecule has 2 N–H and O–H groups in total. The van der Waals surface area contributed by atoms with E-state index in [1.54, 1.807) is 19.1 Å². The van der Waals surface area contributed by atoms with Gasteiger partial charge in [-0.3, -0.25) is 9.36 Å². The highest BCUT2D eigenvalue weighted by Crippen LogP contribution is 2.06. The maximum atomic E-state index is 12.0. The maximum absolute atomic E-state index is 12.0. The van der Waals surface area contributed by atoms with Crippen LogP contribution in [0.15, 0.2) is 38.9 Å². The van der Waals surface area contributed by atoms with E-state index in [1.807, 2.05) is 0 Å². The molecule has 0 bridgehead atoms. The number of aromatic nitrogens is 2. The Balaban J connectivity index is 2.40. The summed E-state index contributed by atoms with van der Waals surface area (Å²) in [7, 11) is 0. The molecule has 0 unspecified atom stereocenters. The van der Waals surface area contributed by atoms with E-state index < -0.39 is 17.2 Å². The second-order valence-electron chi connectivity index (χ2n) is 4.30. The molecule has 2 aromatic rings. The van der Waals surface area contributed by atoms with Crippen LogP contribution in [0.5, 0.6) is 0 Å². The molecule has 0 atom stereocenters. The zero-order valence-corrected chi connectivity index (χ0v) is 11.5. The van der Waals surface area contributed by atoms with Gasteiger partial charge in [0.2, 0.25) is 0 Å². The molecular weight excluding hydrogens is 280 g/mol. The molecule has 0 fully saturated rings. The smallest absolute Gasteiger partial charge is 0.335 e. The minimum atomic E-state index is -1.03. The highest BCUT2D eigenvalue weighted by atomic mass is 32.1. The fourth-order valence-electron chi connectivity index (χ4n) is 1.74. The largest absolute Gasteiger partial charge is 0.478 e. The number of aromatic carboxylic acids is 1. The van der Waals surface area contributed by atoms with E-state index in [0.29, 0.717) is 11.1 Å². The van der Waals surface area contributed by atoms with Crippen LogP contribution in [0.1, 0.15) is 21.5 Å². The molecule has 0 aliphatic heterocycles. The van der Waals surface area contributed by atoms with E-state index in [9.17, 15) is 14.4 Å². The van der Waals surface area contributed by atoms with Crippen molar-refractivity contribution in [1.82, 2.24) is 9.55 Å². The fourth-order valence-corrected chi connectivity index (χ4v) is 1.93. The van der Waals surface area contributed by atoms with Gasteiger partial charge in [-0.25, -0.2) is 9.59 Å². The van der Waals surface area contributed by atoms with Crippen molar-refractivity contribution in [2.45, 2.75) is 18.5 Å². The number of carboxylic acid groups (broad SMARTS) is 1. The second-order valence-corrected chi connectivity index (χ2v) is 4.74. The summed E-state index contributed by atoms with van der Waals surface area (Å²) in [5.41, 5.74) is 0.204. The van der Waals surface area contributed by atoms with Gasteiger partial charge in [0.05, 0.1) is 17.1 Å². The number of carboxylic acids is 1. The number of nitrogens with one attached hydrogen (secondary N) is 1. The van der Waals surface area contributed by atoms with Crippen molar-refractivity contribution in [2.75, 3.05) is 0 Å². The summed E-state index contributed by atoms with van der Waals surface area (Å²) >= 11 is 4.01. The lowest BCUT2D eigenvalue weighted by molar-refractivity contribution is 0.0697. The summed E-state index contributed by atoms with van der Waals surface area (Å²) < 4.78 is 1.05. The van der Waals surface area contributed by atoms with Gasteiger partial charge in [0.15, 0.2) is 0 Å². The lowest BCUT2D eigenvalue weighted by Crippen LogP contribution is -2.37. The van der Waals surface area contributed by atoms with Gasteiger partial charge < -0.3 is 10.1 Å². The van der Waals surface area contributed by atoms with Crippen molar-refractivity contribution in [3.8, 4) is 0 Å². The summed E-state index contributed by atoms with van der Waals surface area (Å²) in [6, 6.07) is 5.99. The third-order valence-corrected chi connectivity index (χ3v) is 3.38. The molecule has 0 aliphatic rings. The van der Waals surface area contributed by atoms with E-state index in [1.165, 1.54) is 12.1 Å². The van der Waals surface area contributed by atoms with Crippen LogP contribution in [0.25, 0.3) is 0 Å². The molecule has 1 heterocycles. The molecule has 0 amide bonds. The first kappa shape index (κ1) is 14.1. The van der Waals surface area contributed by atoms with Crippen molar-refractivity contribution in [3.63, 3.8) is 0 Å². The van der Waals surface area contributed by atoms with E-state index in [-0.39, 0.29) is 17.1 Å². The Kier molecular flexibility index (Phi) is 3.80. The Morgan fingerprint density at radius 3 is 2.45 bits per heavy atom. The average Bonchev–Trinajstić information content (AvgIpc) is 2.42. The van der Waals surface area contributed by atoms with Gasteiger partial charge in [0, 0.05) is 5.56 Å². The Hall–Kier alpha value is -2.28. The molecule has 2 rings (SSSR count). The number of thiol groups is 1. The molecule has 104 valence electrons. The first-order valence-corrected chi connectivity index (χ1v) is 6.20. The normalized spacial score (nSPS) is 10.5. The molecule has 6 nitrogen and oxygen atoms in total. The van der Waals surface area contributed by atoms with Gasteiger partial charge >= 0.3 is 11.7 Å². The van der Waals surface area contributed by atoms with Crippen molar-refractivity contribution < 1.29 is 9.90 Å². The van der Waals surface area contributed by atoms with Gasteiger partial charge in [-0.05, 0) is 24.6 Å². The van der Waals surface area contributed by atoms with Gasteiger partial charge in [-0.1, -0.05) is 12.1 Å². The molecule has 0 radical (unpaired) electrons. The first-order valence-electron chi connectivity index (χ1n) is 5.75. The molecule has 20 heavy (non-hydrogen) atoms. The number of hydrogen-bond donors (Lipinski definition) is 3. The number of carbonyl (C=O) groups is 1. The Morgan fingerprint density at radius 1 is 1.30 bits per heavy atom. The summed E-state index contributed by atoms with van der Waals surface area (Å²) in [5, 5.41) is 9.05. The second kappa shape index (κ2) is 5.38. The topological polar surface area (TPSA) is 92.2 Å². The molecule has 1 aromatic carbocycles. The minimum absolute atomic E-state index is 0.0724. The first-order chi connectivity index (χ1) is 9.40. The lowest BCUT2D eigenvalue weighted by Gasteiger charge is -2.07. The third kappa shape index (κ3) is 2.67. The Morgan fingerprint density at radius 2 is 1.90 bits per heavy atom. The predicted octanol–water partition coefficient (Wildman–Crippen LogP) is 0.880. The predicted molar refractivity (Wildman–Crippen MR) is 75.8 cm³/mol. The average molecular weight is 292 g/mol. The molecule has 1 aromatic heterocycles. The number of H-pyrrole nitrogens is 1. The van der Waals surface area contributed by atoms with Crippen LogP contribution in [0, 0.1) is 6.92 Å². The number of hydrogen-bond acceptors (Lipinski definition) is 4. The van der Waals surface area contributed by atoms with Crippen molar-refractivity contribution >= 4 is 18.6 Å². The number of aromatic amines is 1. The van der Waals surface area contributed by atoms with E-state index in [2.05, 4.69) is 17.6 Å². The molecule has 0 saturated carbocycles. The van der Waals surface area contributed by atoms with Gasteiger partial charge in [-0.15, -0.1) is 12.6 Å². The van der Waals surface area contributed by atoms with Crippen LogP contribution in [0.2, 0.25) is 0 Å². The van der Waals surface area contributed by atoms with Crippen molar-refractivity contribution in [1.29, 1.82) is 0 Å². The molecule has 0 aliphatic carbocycles. The standard InChI is InChI=1S/C13H12N2O4S/c1-7-10(20)14-13(19)15(11(7)16)6-8-2-4-9(5-3-8)12(17)18/h2-5,20H,6H2,1H3,(H,14,19)(H,17,18). The minimum Gasteiger partial charge on any atom is -0.478 e. The quantitative estimate of drug-likeness (QED) is 0.578. The summed E-state index contributed by atoms with van der Waals surface area (Å²) in [4.78, 5) is 37.0. The molecule has 7 heteroatoms.